The first-order valence-corrected chi connectivity index (χ1v) is 6.58. The van der Waals surface area contributed by atoms with E-state index in [1.54, 1.807) is 12.3 Å². The van der Waals surface area contributed by atoms with E-state index < -0.39 is 5.51 Å². The van der Waals surface area contributed by atoms with E-state index in [4.69, 9.17) is 0 Å². The van der Waals surface area contributed by atoms with Crippen molar-refractivity contribution in [2.45, 2.75) is 31.7 Å². The van der Waals surface area contributed by atoms with Gasteiger partial charge < -0.3 is 5.32 Å². The minimum atomic E-state index is -4.16. The maximum Gasteiger partial charge on any atom is 0.441 e. The lowest BCUT2D eigenvalue weighted by atomic mass is 9.88. The van der Waals surface area contributed by atoms with Crippen LogP contribution in [-0.4, -0.2) is 22.8 Å². The molecule has 1 heterocycles. The maximum absolute atomic E-state index is 11.9. The largest absolute Gasteiger partial charge is 0.441 e. The van der Waals surface area contributed by atoms with E-state index in [1.807, 2.05) is 6.07 Å². The molecule has 0 atom stereocenters. The fourth-order valence-corrected chi connectivity index (χ4v) is 1.72. The molecule has 1 aromatic rings. The molecule has 2 nitrogen and oxygen atoms in total. The Morgan fingerprint density at radius 2 is 1.89 bits per heavy atom. The lowest BCUT2D eigenvalue weighted by molar-refractivity contribution is -0.0327. The minimum absolute atomic E-state index is 0.0216. The van der Waals surface area contributed by atoms with E-state index in [0.717, 1.165) is 5.56 Å². The summed E-state index contributed by atoms with van der Waals surface area (Å²) >= 11 is -0.0301. The Kier molecular flexibility index (Phi) is 4.90. The number of alkyl halides is 3. The molecule has 0 aliphatic carbocycles. The van der Waals surface area contributed by atoms with Crippen LogP contribution >= 0.6 is 11.8 Å². The first-order chi connectivity index (χ1) is 8.18. The molecule has 0 spiro atoms. The van der Waals surface area contributed by atoms with Gasteiger partial charge in [0.25, 0.3) is 0 Å². The number of rotatable bonds is 4. The van der Waals surface area contributed by atoms with Crippen molar-refractivity contribution in [2.24, 2.45) is 0 Å². The van der Waals surface area contributed by atoms with Gasteiger partial charge in [-0.25, -0.2) is 4.98 Å². The molecule has 0 bridgehead atoms. The summed E-state index contributed by atoms with van der Waals surface area (Å²) in [5.41, 5.74) is -3.04. The fraction of sp³-hybridized carbons (Fsp3) is 0.583. The highest BCUT2D eigenvalue weighted by Crippen LogP contribution is 2.29. The number of nitrogens with zero attached hydrogens (tertiary/aromatic N) is 1. The molecule has 0 unspecified atom stereocenters. The average Bonchev–Trinajstić information content (AvgIpc) is 2.22. The molecule has 0 radical (unpaired) electrons. The van der Waals surface area contributed by atoms with Crippen molar-refractivity contribution in [1.82, 2.24) is 4.98 Å². The molecule has 0 saturated carbocycles. The fourth-order valence-electron chi connectivity index (χ4n) is 1.29. The zero-order chi connectivity index (χ0) is 13.8. The number of aromatic nitrogens is 1. The van der Waals surface area contributed by atoms with Gasteiger partial charge in [0.1, 0.15) is 5.82 Å². The van der Waals surface area contributed by atoms with E-state index in [1.165, 1.54) is 0 Å². The third-order valence-corrected chi connectivity index (χ3v) is 3.04. The molecule has 6 heteroatoms. The minimum Gasteiger partial charge on any atom is -0.369 e. The maximum atomic E-state index is 11.9. The number of halogens is 3. The van der Waals surface area contributed by atoms with Crippen molar-refractivity contribution < 1.29 is 13.2 Å². The monoisotopic (exact) mass is 278 g/mol. The van der Waals surface area contributed by atoms with Crippen LogP contribution in [0.3, 0.4) is 0 Å². The Morgan fingerprint density at radius 3 is 2.33 bits per heavy atom. The third kappa shape index (κ3) is 5.62. The smallest absolute Gasteiger partial charge is 0.369 e. The van der Waals surface area contributed by atoms with E-state index >= 15 is 0 Å². The summed E-state index contributed by atoms with van der Waals surface area (Å²) in [4.78, 5) is 4.18. The summed E-state index contributed by atoms with van der Waals surface area (Å²) in [6.07, 6.45) is 1.75. The van der Waals surface area contributed by atoms with Crippen molar-refractivity contribution in [1.29, 1.82) is 0 Å². The second-order valence-corrected chi connectivity index (χ2v) is 6.06. The number of anilines is 1. The van der Waals surface area contributed by atoms with E-state index in [0.29, 0.717) is 5.82 Å². The zero-order valence-electron chi connectivity index (χ0n) is 10.6. The Balaban J connectivity index is 2.41. The average molecular weight is 278 g/mol. The highest BCUT2D eigenvalue weighted by molar-refractivity contribution is 8.00. The van der Waals surface area contributed by atoms with Gasteiger partial charge in [-0.3, -0.25) is 0 Å². The van der Waals surface area contributed by atoms with Gasteiger partial charge in [-0.2, -0.15) is 13.2 Å². The summed E-state index contributed by atoms with van der Waals surface area (Å²) in [6.45, 7) is 6.48. The Bertz CT molecular complexity index is 368. The first-order valence-electron chi connectivity index (χ1n) is 5.59. The molecular weight excluding hydrogens is 261 g/mol. The Hall–Kier alpha value is -0.910. The molecule has 0 aliphatic rings. The number of hydrogen-bond donors (Lipinski definition) is 1. The molecule has 1 aromatic heterocycles. The van der Waals surface area contributed by atoms with Crippen LogP contribution in [0.4, 0.5) is 19.0 Å². The highest BCUT2D eigenvalue weighted by atomic mass is 32.2. The van der Waals surface area contributed by atoms with Crippen LogP contribution in [0.2, 0.25) is 0 Å². The Labute approximate surface area is 109 Å². The van der Waals surface area contributed by atoms with Gasteiger partial charge >= 0.3 is 5.51 Å². The van der Waals surface area contributed by atoms with E-state index in [2.05, 4.69) is 31.1 Å². The van der Waals surface area contributed by atoms with E-state index in [9.17, 15) is 13.2 Å². The summed E-state index contributed by atoms with van der Waals surface area (Å²) < 4.78 is 35.7. The zero-order valence-corrected chi connectivity index (χ0v) is 11.5. The van der Waals surface area contributed by atoms with Crippen LogP contribution < -0.4 is 5.32 Å². The summed E-state index contributed by atoms with van der Waals surface area (Å²) in [7, 11) is 0. The van der Waals surface area contributed by atoms with Crippen LogP contribution in [0.5, 0.6) is 0 Å². The molecule has 0 aromatic carbocycles. The number of pyridine rings is 1. The van der Waals surface area contributed by atoms with Crippen LogP contribution in [0, 0.1) is 0 Å². The summed E-state index contributed by atoms with van der Waals surface area (Å²) in [5.74, 6) is 0.581. The quantitative estimate of drug-likeness (QED) is 0.841. The molecule has 0 amide bonds. The second kappa shape index (κ2) is 5.82. The highest BCUT2D eigenvalue weighted by Gasteiger charge is 2.27. The number of hydrogen-bond acceptors (Lipinski definition) is 3. The van der Waals surface area contributed by atoms with Crippen LogP contribution in [-0.2, 0) is 5.41 Å². The molecule has 0 saturated heterocycles. The predicted molar refractivity (Wildman–Crippen MR) is 69.9 cm³/mol. The lowest BCUT2D eigenvalue weighted by Gasteiger charge is -2.18. The van der Waals surface area contributed by atoms with Gasteiger partial charge in [0.2, 0.25) is 0 Å². The third-order valence-electron chi connectivity index (χ3n) is 2.30. The molecular formula is C12H17F3N2S. The van der Waals surface area contributed by atoms with Crippen molar-refractivity contribution in [2.75, 3.05) is 17.6 Å². The van der Waals surface area contributed by atoms with Gasteiger partial charge in [0.05, 0.1) is 0 Å². The molecule has 1 N–H and O–H groups in total. The standard InChI is InChI=1S/C12H17F3N2S/c1-11(2,3)9-4-5-10(17-8-9)16-6-7-18-12(13,14)15/h4-5,8H,6-7H2,1-3H3,(H,16,17). The van der Waals surface area contributed by atoms with E-state index in [-0.39, 0.29) is 29.5 Å². The van der Waals surface area contributed by atoms with Crippen molar-refractivity contribution in [3.63, 3.8) is 0 Å². The van der Waals surface area contributed by atoms with Crippen LogP contribution in [0.25, 0.3) is 0 Å². The normalized spacial score (nSPS) is 12.6. The molecule has 1 rings (SSSR count). The van der Waals surface area contributed by atoms with Gasteiger partial charge in [-0.1, -0.05) is 26.8 Å². The van der Waals surface area contributed by atoms with Crippen molar-refractivity contribution >= 4 is 17.6 Å². The van der Waals surface area contributed by atoms with Crippen molar-refractivity contribution in [3.8, 4) is 0 Å². The second-order valence-electron chi connectivity index (χ2n) is 4.90. The summed E-state index contributed by atoms with van der Waals surface area (Å²) in [6, 6.07) is 3.73. The number of thioether (sulfide) groups is 1. The van der Waals surface area contributed by atoms with Gasteiger partial charge in [-0.05, 0) is 28.8 Å². The number of nitrogens with one attached hydrogen (secondary N) is 1. The first kappa shape index (κ1) is 15.1. The predicted octanol–water partition coefficient (Wildman–Crippen LogP) is 4.04. The van der Waals surface area contributed by atoms with Gasteiger partial charge in [0.15, 0.2) is 0 Å². The topological polar surface area (TPSA) is 24.9 Å². The molecule has 102 valence electrons. The summed E-state index contributed by atoms with van der Waals surface area (Å²) in [5, 5.41) is 2.86. The van der Waals surface area contributed by atoms with Gasteiger partial charge in [-0.15, -0.1) is 0 Å². The van der Waals surface area contributed by atoms with Crippen LogP contribution in [0.15, 0.2) is 18.3 Å². The SMILES string of the molecule is CC(C)(C)c1ccc(NCCSC(F)(F)F)nc1. The van der Waals surface area contributed by atoms with Gasteiger partial charge in [0, 0.05) is 18.5 Å². The van der Waals surface area contributed by atoms with Crippen molar-refractivity contribution in [3.05, 3.63) is 23.9 Å². The molecule has 18 heavy (non-hydrogen) atoms. The molecule has 0 aliphatic heterocycles. The lowest BCUT2D eigenvalue weighted by Crippen LogP contribution is -2.13. The van der Waals surface area contributed by atoms with Crippen LogP contribution in [0.1, 0.15) is 26.3 Å². The Morgan fingerprint density at radius 1 is 1.22 bits per heavy atom. The molecule has 0 fully saturated rings.